The lowest BCUT2D eigenvalue weighted by Crippen LogP contribution is -2.28. The fourth-order valence-electron chi connectivity index (χ4n) is 2.50. The van der Waals surface area contributed by atoms with E-state index in [2.05, 4.69) is 6.92 Å². The zero-order valence-electron chi connectivity index (χ0n) is 12.4. The van der Waals surface area contributed by atoms with Crippen molar-refractivity contribution in [1.29, 1.82) is 0 Å². The van der Waals surface area contributed by atoms with Gasteiger partial charge >= 0.3 is 0 Å². The highest BCUT2D eigenvalue weighted by atomic mass is 19.2. The van der Waals surface area contributed by atoms with E-state index >= 15 is 0 Å². The van der Waals surface area contributed by atoms with E-state index in [1.54, 1.807) is 0 Å². The van der Waals surface area contributed by atoms with Gasteiger partial charge in [0.05, 0.1) is 18.8 Å². The Morgan fingerprint density at radius 2 is 1.76 bits per heavy atom. The molecule has 0 aromatic heterocycles. The minimum Gasteiger partial charge on any atom is -0.348 e. The Labute approximate surface area is 123 Å². The fourth-order valence-corrected chi connectivity index (χ4v) is 2.50. The molecular weight excluding hydrogens is 281 g/mol. The second-order valence-corrected chi connectivity index (χ2v) is 5.58. The van der Waals surface area contributed by atoms with Gasteiger partial charge in [-0.15, -0.1) is 0 Å². The lowest BCUT2D eigenvalue weighted by atomic mass is 10.0. The lowest BCUT2D eigenvalue weighted by molar-refractivity contribution is -0.208. The standard InChI is InChI=1S/C16H21F3O2/c1-3-4-5-6-11-8-20-16(21-9-11)13-12(17)7-10(2)14(18)15(13)19/h7,11,16H,3-6,8-9H2,1-2H3/t11-,16-. The van der Waals surface area contributed by atoms with Crippen molar-refractivity contribution in [2.45, 2.75) is 45.8 Å². The third-order valence-electron chi connectivity index (χ3n) is 3.79. The monoisotopic (exact) mass is 302 g/mol. The van der Waals surface area contributed by atoms with Crippen LogP contribution in [-0.4, -0.2) is 13.2 Å². The Kier molecular flexibility index (Phi) is 5.65. The van der Waals surface area contributed by atoms with Crippen molar-refractivity contribution in [2.24, 2.45) is 5.92 Å². The second kappa shape index (κ2) is 7.27. The van der Waals surface area contributed by atoms with Crippen molar-refractivity contribution in [3.63, 3.8) is 0 Å². The first-order valence-corrected chi connectivity index (χ1v) is 7.41. The second-order valence-electron chi connectivity index (χ2n) is 5.58. The van der Waals surface area contributed by atoms with Crippen LogP contribution in [0.2, 0.25) is 0 Å². The zero-order valence-corrected chi connectivity index (χ0v) is 12.4. The first-order valence-electron chi connectivity index (χ1n) is 7.41. The maximum Gasteiger partial charge on any atom is 0.189 e. The van der Waals surface area contributed by atoms with Crippen molar-refractivity contribution >= 4 is 0 Å². The maximum absolute atomic E-state index is 13.9. The van der Waals surface area contributed by atoms with E-state index in [0.717, 1.165) is 31.7 Å². The van der Waals surface area contributed by atoms with Crippen molar-refractivity contribution in [2.75, 3.05) is 13.2 Å². The van der Waals surface area contributed by atoms with E-state index in [1.165, 1.54) is 6.92 Å². The molecule has 0 saturated carbocycles. The summed E-state index contributed by atoms with van der Waals surface area (Å²) in [6, 6.07) is 0.966. The largest absolute Gasteiger partial charge is 0.348 e. The van der Waals surface area contributed by atoms with Crippen LogP contribution in [0, 0.1) is 30.3 Å². The van der Waals surface area contributed by atoms with Crippen LogP contribution in [0.15, 0.2) is 6.07 Å². The molecule has 2 rings (SSSR count). The van der Waals surface area contributed by atoms with Crippen molar-refractivity contribution in [3.05, 3.63) is 34.6 Å². The maximum atomic E-state index is 13.9. The molecule has 0 amide bonds. The summed E-state index contributed by atoms with van der Waals surface area (Å²) in [5.41, 5.74) is -0.535. The quantitative estimate of drug-likeness (QED) is 0.582. The topological polar surface area (TPSA) is 18.5 Å². The molecule has 118 valence electrons. The van der Waals surface area contributed by atoms with Crippen LogP contribution in [0.4, 0.5) is 13.2 Å². The number of unbranched alkanes of at least 4 members (excludes halogenated alkanes) is 2. The van der Waals surface area contributed by atoms with Crippen LogP contribution < -0.4 is 0 Å². The minimum absolute atomic E-state index is 0.0676. The van der Waals surface area contributed by atoms with Crippen LogP contribution in [0.5, 0.6) is 0 Å². The summed E-state index contributed by atoms with van der Waals surface area (Å²) in [6.45, 7) is 4.20. The molecule has 21 heavy (non-hydrogen) atoms. The normalized spacial score (nSPS) is 22.5. The number of benzene rings is 1. The lowest BCUT2D eigenvalue weighted by Gasteiger charge is -2.30. The number of hydrogen-bond donors (Lipinski definition) is 0. The molecule has 0 spiro atoms. The minimum atomic E-state index is -1.22. The summed E-state index contributed by atoms with van der Waals surface area (Å²) < 4.78 is 52.1. The Morgan fingerprint density at radius 1 is 1.10 bits per heavy atom. The third-order valence-corrected chi connectivity index (χ3v) is 3.79. The Morgan fingerprint density at radius 3 is 2.38 bits per heavy atom. The molecular formula is C16H21F3O2. The summed E-state index contributed by atoms with van der Waals surface area (Å²) in [4.78, 5) is 0. The number of ether oxygens (including phenoxy) is 2. The molecule has 1 saturated heterocycles. The van der Waals surface area contributed by atoms with Crippen molar-refractivity contribution in [3.8, 4) is 0 Å². The summed E-state index contributed by atoms with van der Waals surface area (Å²) in [6.07, 6.45) is 3.17. The van der Waals surface area contributed by atoms with Gasteiger partial charge in [0.15, 0.2) is 17.9 Å². The summed E-state index contributed by atoms with van der Waals surface area (Å²) in [5.74, 6) is -2.87. The molecule has 1 aliphatic rings. The van der Waals surface area contributed by atoms with Gasteiger partial charge in [-0.1, -0.05) is 26.2 Å². The van der Waals surface area contributed by atoms with E-state index < -0.39 is 29.3 Å². The van der Waals surface area contributed by atoms with Gasteiger partial charge in [-0.3, -0.25) is 0 Å². The van der Waals surface area contributed by atoms with E-state index in [4.69, 9.17) is 9.47 Å². The van der Waals surface area contributed by atoms with Gasteiger partial charge in [0.2, 0.25) is 0 Å². The molecule has 0 radical (unpaired) electrons. The third kappa shape index (κ3) is 3.77. The Balaban J connectivity index is 2.01. The first-order chi connectivity index (χ1) is 10.0. The van der Waals surface area contributed by atoms with E-state index in [1.807, 2.05) is 0 Å². The fraction of sp³-hybridized carbons (Fsp3) is 0.625. The highest BCUT2D eigenvalue weighted by Crippen LogP contribution is 2.32. The number of rotatable bonds is 5. The molecule has 2 nitrogen and oxygen atoms in total. The summed E-state index contributed by atoms with van der Waals surface area (Å²) in [5, 5.41) is 0. The number of aryl methyl sites for hydroxylation is 1. The zero-order chi connectivity index (χ0) is 15.4. The Bertz CT molecular complexity index is 483. The van der Waals surface area contributed by atoms with Crippen LogP contribution in [0.1, 0.15) is 50.0 Å². The van der Waals surface area contributed by atoms with Crippen molar-refractivity contribution < 1.29 is 22.6 Å². The highest BCUT2D eigenvalue weighted by molar-refractivity contribution is 5.28. The van der Waals surface area contributed by atoms with Gasteiger partial charge in [-0.2, -0.15) is 0 Å². The number of hydrogen-bond acceptors (Lipinski definition) is 2. The molecule has 1 aromatic rings. The SMILES string of the molecule is CCCCC[C@H]1CO[C@H](c2c(F)cc(C)c(F)c2F)OC1. The summed E-state index contributed by atoms with van der Waals surface area (Å²) in [7, 11) is 0. The van der Waals surface area contributed by atoms with Crippen LogP contribution in [0.3, 0.4) is 0 Å². The van der Waals surface area contributed by atoms with Crippen LogP contribution >= 0.6 is 0 Å². The van der Waals surface area contributed by atoms with Gasteiger partial charge in [-0.25, -0.2) is 13.2 Å². The van der Waals surface area contributed by atoms with E-state index in [9.17, 15) is 13.2 Å². The smallest absolute Gasteiger partial charge is 0.189 e. The predicted molar refractivity (Wildman–Crippen MR) is 73.3 cm³/mol. The van der Waals surface area contributed by atoms with Gasteiger partial charge in [0, 0.05) is 5.92 Å². The molecule has 0 atom stereocenters. The van der Waals surface area contributed by atoms with Gasteiger partial charge in [-0.05, 0) is 25.0 Å². The molecule has 5 heteroatoms. The van der Waals surface area contributed by atoms with E-state index in [0.29, 0.717) is 13.2 Å². The molecule has 0 N–H and O–H groups in total. The molecule has 0 unspecified atom stereocenters. The van der Waals surface area contributed by atoms with Crippen LogP contribution in [0.25, 0.3) is 0 Å². The highest BCUT2D eigenvalue weighted by Gasteiger charge is 2.30. The van der Waals surface area contributed by atoms with Gasteiger partial charge in [0.25, 0.3) is 0 Å². The van der Waals surface area contributed by atoms with Crippen molar-refractivity contribution in [1.82, 2.24) is 0 Å². The molecule has 0 bridgehead atoms. The molecule has 0 aliphatic carbocycles. The van der Waals surface area contributed by atoms with Gasteiger partial charge < -0.3 is 9.47 Å². The molecule has 1 aromatic carbocycles. The number of halogens is 3. The Hall–Kier alpha value is -1.07. The molecule has 1 fully saturated rings. The van der Waals surface area contributed by atoms with Gasteiger partial charge in [0.1, 0.15) is 5.82 Å². The predicted octanol–water partition coefficient (Wildman–Crippen LogP) is 4.65. The first kappa shape index (κ1) is 16.3. The average molecular weight is 302 g/mol. The molecule has 1 heterocycles. The summed E-state index contributed by atoms with van der Waals surface area (Å²) >= 11 is 0. The van der Waals surface area contributed by atoms with Crippen LogP contribution in [-0.2, 0) is 9.47 Å². The molecule has 1 aliphatic heterocycles. The average Bonchev–Trinajstić information content (AvgIpc) is 2.47. The van der Waals surface area contributed by atoms with E-state index in [-0.39, 0.29) is 11.5 Å².